The summed E-state index contributed by atoms with van der Waals surface area (Å²) in [6.45, 7) is 5.12. The topological polar surface area (TPSA) is 49.5 Å². The number of fused-ring (bicyclic) bond motifs is 1. The van der Waals surface area contributed by atoms with Gasteiger partial charge < -0.3 is 10.8 Å². The largest absolute Gasteiger partial charge is 0.393 e. The molecule has 1 aliphatic carbocycles. The number of nitrogens with zero attached hydrogens (tertiary/aromatic N) is 1. The van der Waals surface area contributed by atoms with Crippen LogP contribution in [0, 0.1) is 11.8 Å². The molecule has 0 radical (unpaired) electrons. The highest BCUT2D eigenvalue weighted by molar-refractivity contribution is 4.94. The summed E-state index contributed by atoms with van der Waals surface area (Å²) in [6, 6.07) is 0.484. The Labute approximate surface area is 79.9 Å². The fraction of sp³-hybridized carbons (Fsp3) is 1.00. The highest BCUT2D eigenvalue weighted by atomic mass is 16.3. The second kappa shape index (κ2) is 3.56. The minimum Gasteiger partial charge on any atom is -0.393 e. The molecule has 0 aromatic heterocycles. The van der Waals surface area contributed by atoms with Crippen LogP contribution in [0.2, 0.25) is 0 Å². The Kier molecular flexibility index (Phi) is 2.58. The van der Waals surface area contributed by atoms with Gasteiger partial charge in [0.25, 0.3) is 0 Å². The van der Waals surface area contributed by atoms with Crippen molar-refractivity contribution in [1.29, 1.82) is 0 Å². The maximum atomic E-state index is 9.71. The molecule has 1 saturated carbocycles. The Balaban J connectivity index is 1.94. The van der Waals surface area contributed by atoms with Gasteiger partial charge in [-0.1, -0.05) is 0 Å². The summed E-state index contributed by atoms with van der Waals surface area (Å²) in [5.74, 6) is 1.28. The molecule has 1 saturated heterocycles. The summed E-state index contributed by atoms with van der Waals surface area (Å²) in [5, 5.41) is 9.71. The molecule has 3 nitrogen and oxygen atoms in total. The van der Waals surface area contributed by atoms with Crippen LogP contribution in [0.3, 0.4) is 0 Å². The van der Waals surface area contributed by atoms with Crippen molar-refractivity contribution in [1.82, 2.24) is 4.90 Å². The molecule has 0 bridgehead atoms. The van der Waals surface area contributed by atoms with E-state index in [4.69, 9.17) is 5.73 Å². The van der Waals surface area contributed by atoms with Crippen LogP contribution in [0.1, 0.15) is 19.8 Å². The van der Waals surface area contributed by atoms with Gasteiger partial charge in [0.05, 0.1) is 6.10 Å². The van der Waals surface area contributed by atoms with Gasteiger partial charge in [-0.3, -0.25) is 4.90 Å². The monoisotopic (exact) mass is 184 g/mol. The van der Waals surface area contributed by atoms with Crippen molar-refractivity contribution in [3.8, 4) is 0 Å². The van der Waals surface area contributed by atoms with Crippen LogP contribution in [0.25, 0.3) is 0 Å². The summed E-state index contributed by atoms with van der Waals surface area (Å²) in [5.41, 5.74) is 5.63. The van der Waals surface area contributed by atoms with Gasteiger partial charge in [-0.2, -0.15) is 0 Å². The van der Waals surface area contributed by atoms with Gasteiger partial charge >= 0.3 is 0 Å². The number of aliphatic hydroxyl groups is 1. The molecular weight excluding hydrogens is 164 g/mol. The fourth-order valence-electron chi connectivity index (χ4n) is 2.78. The molecule has 1 aliphatic heterocycles. The summed E-state index contributed by atoms with van der Waals surface area (Å²) in [7, 11) is 0. The van der Waals surface area contributed by atoms with E-state index in [9.17, 15) is 5.11 Å². The zero-order valence-electron chi connectivity index (χ0n) is 8.32. The van der Waals surface area contributed by atoms with Crippen molar-refractivity contribution >= 4 is 0 Å². The molecule has 3 heteroatoms. The summed E-state index contributed by atoms with van der Waals surface area (Å²) >= 11 is 0. The van der Waals surface area contributed by atoms with Crippen molar-refractivity contribution in [2.24, 2.45) is 17.6 Å². The Morgan fingerprint density at radius 1 is 1.46 bits per heavy atom. The molecule has 3 N–H and O–H groups in total. The molecular formula is C10H20N2O. The van der Waals surface area contributed by atoms with Crippen LogP contribution in [0.5, 0.6) is 0 Å². The number of hydrogen-bond acceptors (Lipinski definition) is 3. The minimum absolute atomic E-state index is 0.0417. The summed E-state index contributed by atoms with van der Waals surface area (Å²) < 4.78 is 0. The van der Waals surface area contributed by atoms with Gasteiger partial charge in [0.1, 0.15) is 0 Å². The first-order valence-corrected chi connectivity index (χ1v) is 5.34. The maximum Gasteiger partial charge on any atom is 0.0583 e. The van der Waals surface area contributed by atoms with Crippen molar-refractivity contribution in [2.45, 2.75) is 31.9 Å². The Bertz CT molecular complexity index is 186. The molecule has 2 aliphatic rings. The number of aliphatic hydroxyl groups excluding tert-OH is 1. The quantitative estimate of drug-likeness (QED) is 0.637. The fourth-order valence-corrected chi connectivity index (χ4v) is 2.78. The number of rotatable bonds is 2. The average Bonchev–Trinajstić information content (AvgIpc) is 2.67. The molecule has 2 fully saturated rings. The third kappa shape index (κ3) is 1.60. The van der Waals surface area contributed by atoms with Gasteiger partial charge in [-0.05, 0) is 25.7 Å². The van der Waals surface area contributed by atoms with E-state index < -0.39 is 0 Å². The lowest BCUT2D eigenvalue weighted by atomic mass is 10.00. The van der Waals surface area contributed by atoms with Crippen molar-refractivity contribution in [3.05, 3.63) is 0 Å². The SMILES string of the molecule is CC(CN)N1CC2CCC(O)C2C1. The first kappa shape index (κ1) is 9.44. The van der Waals surface area contributed by atoms with E-state index in [1.807, 2.05) is 0 Å². The number of hydrogen-bond donors (Lipinski definition) is 2. The molecule has 0 spiro atoms. The lowest BCUT2D eigenvalue weighted by molar-refractivity contribution is 0.120. The standard InChI is InChI=1S/C10H20N2O/c1-7(4-11)12-5-8-2-3-10(13)9(8)6-12/h7-10,13H,2-6,11H2,1H3. The summed E-state index contributed by atoms with van der Waals surface area (Å²) in [4.78, 5) is 2.43. The highest BCUT2D eigenvalue weighted by Crippen LogP contribution is 2.38. The Morgan fingerprint density at radius 3 is 2.85 bits per heavy atom. The van der Waals surface area contributed by atoms with Crippen LogP contribution < -0.4 is 5.73 Å². The molecule has 0 aromatic rings. The van der Waals surface area contributed by atoms with E-state index in [0.29, 0.717) is 12.0 Å². The average molecular weight is 184 g/mol. The predicted molar refractivity (Wildman–Crippen MR) is 52.3 cm³/mol. The van der Waals surface area contributed by atoms with Crippen LogP contribution in [0.4, 0.5) is 0 Å². The lowest BCUT2D eigenvalue weighted by Gasteiger charge is -2.24. The molecule has 1 heterocycles. The van der Waals surface area contributed by atoms with Gasteiger partial charge in [0.15, 0.2) is 0 Å². The first-order valence-electron chi connectivity index (χ1n) is 5.34. The predicted octanol–water partition coefficient (Wildman–Crippen LogP) is 0.0363. The van der Waals surface area contributed by atoms with Crippen LogP contribution in [-0.2, 0) is 0 Å². The normalized spacial score (nSPS) is 42.2. The minimum atomic E-state index is -0.0417. The van der Waals surface area contributed by atoms with Crippen LogP contribution in [-0.4, -0.2) is 41.8 Å². The third-order valence-electron chi connectivity index (χ3n) is 3.81. The Morgan fingerprint density at radius 2 is 2.23 bits per heavy atom. The van der Waals surface area contributed by atoms with E-state index in [-0.39, 0.29) is 6.10 Å². The molecule has 0 amide bonds. The van der Waals surface area contributed by atoms with Crippen molar-refractivity contribution in [2.75, 3.05) is 19.6 Å². The van der Waals surface area contributed by atoms with E-state index in [1.165, 1.54) is 6.42 Å². The maximum absolute atomic E-state index is 9.71. The van der Waals surface area contributed by atoms with Crippen LogP contribution in [0.15, 0.2) is 0 Å². The lowest BCUT2D eigenvalue weighted by Crippen LogP contribution is -2.37. The molecule has 0 aromatic carbocycles. The third-order valence-corrected chi connectivity index (χ3v) is 3.81. The summed E-state index contributed by atoms with van der Waals surface area (Å²) in [6.07, 6.45) is 2.18. The van der Waals surface area contributed by atoms with Gasteiger partial charge in [0, 0.05) is 31.6 Å². The van der Waals surface area contributed by atoms with Gasteiger partial charge in [0.2, 0.25) is 0 Å². The second-order valence-corrected chi connectivity index (χ2v) is 4.61. The smallest absolute Gasteiger partial charge is 0.0583 e. The zero-order valence-corrected chi connectivity index (χ0v) is 8.32. The van der Waals surface area contributed by atoms with E-state index >= 15 is 0 Å². The van der Waals surface area contributed by atoms with Gasteiger partial charge in [-0.15, -0.1) is 0 Å². The van der Waals surface area contributed by atoms with E-state index in [0.717, 1.165) is 32.0 Å². The molecule has 4 atom stereocenters. The number of likely N-dealkylation sites (tertiary alicyclic amines) is 1. The molecule has 76 valence electrons. The molecule has 2 rings (SSSR count). The molecule has 13 heavy (non-hydrogen) atoms. The number of nitrogens with two attached hydrogens (primary N) is 1. The van der Waals surface area contributed by atoms with Crippen LogP contribution >= 0.6 is 0 Å². The molecule has 4 unspecified atom stereocenters. The first-order chi connectivity index (χ1) is 6.22. The van der Waals surface area contributed by atoms with E-state index in [1.54, 1.807) is 0 Å². The second-order valence-electron chi connectivity index (χ2n) is 4.61. The van der Waals surface area contributed by atoms with E-state index in [2.05, 4.69) is 11.8 Å². The van der Waals surface area contributed by atoms with Crippen molar-refractivity contribution < 1.29 is 5.11 Å². The Hall–Kier alpha value is -0.120. The zero-order chi connectivity index (χ0) is 9.42. The highest BCUT2D eigenvalue weighted by Gasteiger charge is 2.42. The van der Waals surface area contributed by atoms with Crippen molar-refractivity contribution in [3.63, 3.8) is 0 Å². The van der Waals surface area contributed by atoms with Gasteiger partial charge in [-0.25, -0.2) is 0 Å².